The van der Waals surface area contributed by atoms with Gasteiger partial charge in [0.2, 0.25) is 0 Å². The summed E-state index contributed by atoms with van der Waals surface area (Å²) >= 11 is 0. The van der Waals surface area contributed by atoms with Crippen LogP contribution in [0.4, 0.5) is 13.2 Å². The number of aromatic nitrogens is 1. The Balaban J connectivity index is 1.84. The van der Waals surface area contributed by atoms with Crippen LogP contribution in [0, 0.1) is 0 Å². The summed E-state index contributed by atoms with van der Waals surface area (Å²) in [7, 11) is 1.52. The number of ether oxygens (including phenoxy) is 3. The maximum absolute atomic E-state index is 13.2. The van der Waals surface area contributed by atoms with Gasteiger partial charge in [-0.1, -0.05) is 18.2 Å². The lowest BCUT2D eigenvalue weighted by molar-refractivity contribution is -0.160. The minimum absolute atomic E-state index is 0.0860. The molecule has 1 aromatic heterocycles. The highest BCUT2D eigenvalue weighted by Gasteiger charge is 2.30. The quantitative estimate of drug-likeness (QED) is 0.377. The molecule has 180 valence electrons. The number of pyridine rings is 1. The van der Waals surface area contributed by atoms with Gasteiger partial charge in [0.25, 0.3) is 0 Å². The van der Waals surface area contributed by atoms with Crippen LogP contribution in [0.1, 0.15) is 32.0 Å². The van der Waals surface area contributed by atoms with Crippen LogP contribution in [0.15, 0.2) is 60.8 Å². The van der Waals surface area contributed by atoms with E-state index in [2.05, 4.69) is 4.98 Å². The third-order valence-electron chi connectivity index (χ3n) is 4.74. The van der Waals surface area contributed by atoms with Crippen molar-refractivity contribution < 1.29 is 32.2 Å². The van der Waals surface area contributed by atoms with Gasteiger partial charge >= 0.3 is 12.1 Å². The van der Waals surface area contributed by atoms with Gasteiger partial charge in [-0.3, -0.25) is 4.98 Å². The fourth-order valence-corrected chi connectivity index (χ4v) is 3.32. The second-order valence-electron chi connectivity index (χ2n) is 8.61. The zero-order valence-electron chi connectivity index (χ0n) is 19.4. The highest BCUT2D eigenvalue weighted by atomic mass is 19.4. The Morgan fingerprint density at radius 2 is 1.68 bits per heavy atom. The number of benzene rings is 2. The Morgan fingerprint density at radius 1 is 0.941 bits per heavy atom. The molecule has 8 heteroatoms. The van der Waals surface area contributed by atoms with Crippen LogP contribution in [-0.2, 0) is 27.1 Å². The predicted octanol–water partition coefficient (Wildman–Crippen LogP) is 6.30. The van der Waals surface area contributed by atoms with Crippen molar-refractivity contribution in [3.63, 3.8) is 0 Å². The van der Waals surface area contributed by atoms with Crippen molar-refractivity contribution in [1.29, 1.82) is 0 Å². The molecule has 0 saturated heterocycles. The number of alkyl halides is 3. The molecule has 2 aromatic carbocycles. The Hall–Kier alpha value is -3.39. The lowest BCUT2D eigenvalue weighted by Crippen LogP contribution is -2.26. The van der Waals surface area contributed by atoms with E-state index in [0.29, 0.717) is 28.1 Å². The standard InChI is InChI=1S/C26H26F3NO4/c1-25(2,3)34-24(31)16-33-15-21-13-19(10-11-30-21)22-14-18(8-9-23(22)32-4)17-6-5-7-20(12-17)26(27,28)29/h5-14H,15-16H2,1-4H3. The highest BCUT2D eigenvalue weighted by molar-refractivity contribution is 5.78. The maximum atomic E-state index is 13.2. The van der Waals surface area contributed by atoms with E-state index in [1.54, 1.807) is 63.4 Å². The van der Waals surface area contributed by atoms with Crippen LogP contribution in [-0.4, -0.2) is 30.3 Å². The molecule has 3 rings (SSSR count). The molecule has 5 nitrogen and oxygen atoms in total. The predicted molar refractivity (Wildman–Crippen MR) is 122 cm³/mol. The van der Waals surface area contributed by atoms with E-state index < -0.39 is 23.3 Å². The van der Waals surface area contributed by atoms with Gasteiger partial charge in [0, 0.05) is 11.8 Å². The van der Waals surface area contributed by atoms with Crippen LogP contribution in [0.25, 0.3) is 22.3 Å². The summed E-state index contributed by atoms with van der Waals surface area (Å²) in [6.45, 7) is 5.20. The van der Waals surface area contributed by atoms with Gasteiger partial charge in [-0.05, 0) is 73.9 Å². The Labute approximate surface area is 196 Å². The van der Waals surface area contributed by atoms with Gasteiger partial charge in [0.1, 0.15) is 18.0 Å². The number of hydrogen-bond acceptors (Lipinski definition) is 5. The lowest BCUT2D eigenvalue weighted by Gasteiger charge is -2.19. The van der Waals surface area contributed by atoms with Gasteiger partial charge in [-0.15, -0.1) is 0 Å². The fraction of sp³-hybridized carbons (Fsp3) is 0.308. The smallest absolute Gasteiger partial charge is 0.416 e. The zero-order valence-corrected chi connectivity index (χ0v) is 19.4. The van der Waals surface area contributed by atoms with Gasteiger partial charge in [0.15, 0.2) is 0 Å². The molecule has 0 saturated carbocycles. The second kappa shape index (κ2) is 10.3. The number of carbonyl (C=O) groups excluding carboxylic acids is 1. The number of hydrogen-bond donors (Lipinski definition) is 0. The summed E-state index contributed by atoms with van der Waals surface area (Å²) in [5.41, 5.74) is 1.75. The molecule has 34 heavy (non-hydrogen) atoms. The summed E-state index contributed by atoms with van der Waals surface area (Å²) in [5.74, 6) is 0.0849. The fourth-order valence-electron chi connectivity index (χ4n) is 3.32. The lowest BCUT2D eigenvalue weighted by atomic mass is 9.97. The van der Waals surface area contributed by atoms with Gasteiger partial charge in [-0.25, -0.2) is 4.79 Å². The molecular weight excluding hydrogens is 447 g/mol. The van der Waals surface area contributed by atoms with Crippen molar-refractivity contribution in [2.24, 2.45) is 0 Å². The molecule has 1 heterocycles. The number of esters is 1. The molecule has 0 atom stereocenters. The topological polar surface area (TPSA) is 57.7 Å². The molecular formula is C26H26F3NO4. The van der Waals surface area contributed by atoms with E-state index >= 15 is 0 Å². The molecule has 0 spiro atoms. The van der Waals surface area contributed by atoms with Gasteiger partial charge < -0.3 is 14.2 Å². The van der Waals surface area contributed by atoms with E-state index in [1.165, 1.54) is 13.2 Å². The molecule has 0 aliphatic rings. The third kappa shape index (κ3) is 6.81. The van der Waals surface area contributed by atoms with Crippen molar-refractivity contribution in [3.05, 3.63) is 72.1 Å². The summed E-state index contributed by atoms with van der Waals surface area (Å²) in [6, 6.07) is 13.9. The van der Waals surface area contributed by atoms with E-state index in [4.69, 9.17) is 14.2 Å². The molecule has 0 radical (unpaired) electrons. The summed E-state index contributed by atoms with van der Waals surface area (Å²) in [4.78, 5) is 16.1. The van der Waals surface area contributed by atoms with Crippen LogP contribution < -0.4 is 4.74 Å². The number of halogens is 3. The first-order valence-electron chi connectivity index (χ1n) is 10.6. The monoisotopic (exact) mass is 473 g/mol. The normalized spacial score (nSPS) is 11.9. The third-order valence-corrected chi connectivity index (χ3v) is 4.74. The highest BCUT2D eigenvalue weighted by Crippen LogP contribution is 2.36. The molecule has 0 unspecified atom stereocenters. The molecule has 0 aliphatic heterocycles. The summed E-state index contributed by atoms with van der Waals surface area (Å²) in [5, 5.41) is 0. The molecule has 0 bridgehead atoms. The maximum Gasteiger partial charge on any atom is 0.416 e. The minimum atomic E-state index is -4.43. The van der Waals surface area contributed by atoms with Gasteiger partial charge in [0.05, 0.1) is 25.0 Å². The van der Waals surface area contributed by atoms with Crippen LogP contribution in [0.5, 0.6) is 5.75 Å². The van der Waals surface area contributed by atoms with E-state index in [1.807, 2.05) is 0 Å². The summed E-state index contributed by atoms with van der Waals surface area (Å²) in [6.07, 6.45) is -2.83. The molecule has 0 N–H and O–H groups in total. The number of methoxy groups -OCH3 is 1. The SMILES string of the molecule is COc1ccc(-c2cccc(C(F)(F)F)c2)cc1-c1ccnc(COCC(=O)OC(C)(C)C)c1. The Kier molecular flexibility index (Phi) is 7.61. The van der Waals surface area contributed by atoms with Crippen molar-refractivity contribution >= 4 is 5.97 Å². The Morgan fingerprint density at radius 3 is 2.35 bits per heavy atom. The van der Waals surface area contributed by atoms with Crippen LogP contribution >= 0.6 is 0 Å². The zero-order chi connectivity index (χ0) is 24.9. The van der Waals surface area contributed by atoms with Crippen molar-refractivity contribution in [1.82, 2.24) is 4.98 Å². The van der Waals surface area contributed by atoms with Crippen LogP contribution in [0.3, 0.4) is 0 Å². The van der Waals surface area contributed by atoms with E-state index in [0.717, 1.165) is 17.7 Å². The number of nitrogens with zero attached hydrogens (tertiary/aromatic N) is 1. The molecule has 0 amide bonds. The summed E-state index contributed by atoms with van der Waals surface area (Å²) < 4.78 is 55.6. The molecule has 0 fully saturated rings. The van der Waals surface area contributed by atoms with E-state index in [-0.39, 0.29) is 13.2 Å². The second-order valence-corrected chi connectivity index (χ2v) is 8.61. The van der Waals surface area contributed by atoms with E-state index in [9.17, 15) is 18.0 Å². The Bertz CT molecular complexity index is 1150. The first kappa shape index (κ1) is 25.2. The number of carbonyl (C=O) groups is 1. The van der Waals surface area contributed by atoms with Gasteiger partial charge in [-0.2, -0.15) is 13.2 Å². The minimum Gasteiger partial charge on any atom is -0.496 e. The molecule has 3 aromatic rings. The average molecular weight is 473 g/mol. The number of rotatable bonds is 7. The van der Waals surface area contributed by atoms with Crippen molar-refractivity contribution in [2.45, 2.75) is 39.2 Å². The van der Waals surface area contributed by atoms with Crippen molar-refractivity contribution in [2.75, 3.05) is 13.7 Å². The first-order chi connectivity index (χ1) is 16.0. The van der Waals surface area contributed by atoms with Crippen LogP contribution in [0.2, 0.25) is 0 Å². The van der Waals surface area contributed by atoms with Crippen molar-refractivity contribution in [3.8, 4) is 28.0 Å². The first-order valence-corrected chi connectivity index (χ1v) is 10.6. The average Bonchev–Trinajstić information content (AvgIpc) is 2.77. The largest absolute Gasteiger partial charge is 0.496 e. The molecule has 0 aliphatic carbocycles.